The molecule has 51 heavy (non-hydrogen) atoms. The van der Waals surface area contributed by atoms with Gasteiger partial charge in [-0.3, -0.25) is 4.57 Å². The van der Waals surface area contributed by atoms with Crippen LogP contribution in [0.2, 0.25) is 0 Å². The maximum Gasteiger partial charge on any atom is 0.137 e. The van der Waals surface area contributed by atoms with E-state index in [-0.39, 0.29) is 0 Å². The molecular formula is C47H32N4. The van der Waals surface area contributed by atoms with Gasteiger partial charge in [0.05, 0.1) is 33.5 Å². The number of hydrogen-bond donors (Lipinski definition) is 0. The SMILES string of the molecule is Cc1c(-c2ccc(-n3c4ccc5ccccc5c4c4c3c3ccccc3n4-c3ccccn3)cc2)cc(-c2ccccc2)nc1-c1ccccc1. The normalized spacial score (nSPS) is 11.6. The molecule has 4 heteroatoms. The quantitative estimate of drug-likeness (QED) is 0.185. The van der Waals surface area contributed by atoms with Gasteiger partial charge in [-0.1, -0.05) is 127 Å². The third-order valence-electron chi connectivity index (χ3n) is 10.2. The summed E-state index contributed by atoms with van der Waals surface area (Å²) in [6.45, 7) is 2.19. The number of fused-ring (bicyclic) bond motifs is 7. The first-order chi connectivity index (χ1) is 25.2. The Kier molecular flexibility index (Phi) is 6.68. The van der Waals surface area contributed by atoms with Crippen molar-refractivity contribution in [3.63, 3.8) is 0 Å². The fraction of sp³-hybridized carbons (Fsp3) is 0.0213. The third kappa shape index (κ3) is 4.61. The van der Waals surface area contributed by atoms with Crippen LogP contribution in [0.15, 0.2) is 176 Å². The van der Waals surface area contributed by atoms with E-state index in [0.29, 0.717) is 0 Å². The lowest BCUT2D eigenvalue weighted by molar-refractivity contribution is 1.08. The van der Waals surface area contributed by atoms with Crippen LogP contribution in [0.5, 0.6) is 0 Å². The van der Waals surface area contributed by atoms with E-state index in [1.807, 2.05) is 18.3 Å². The molecule has 0 aliphatic carbocycles. The van der Waals surface area contributed by atoms with E-state index in [0.717, 1.165) is 56.2 Å². The number of aromatic nitrogens is 4. The van der Waals surface area contributed by atoms with Gasteiger partial charge in [0.2, 0.25) is 0 Å². The van der Waals surface area contributed by atoms with Crippen LogP contribution in [0.4, 0.5) is 0 Å². The second-order valence-corrected chi connectivity index (χ2v) is 13.1. The highest BCUT2D eigenvalue weighted by atomic mass is 15.1. The summed E-state index contributed by atoms with van der Waals surface area (Å²) in [5.74, 6) is 0.905. The molecule has 6 aromatic carbocycles. The molecule has 240 valence electrons. The van der Waals surface area contributed by atoms with Crippen LogP contribution in [-0.2, 0) is 0 Å². The fourth-order valence-electron chi connectivity index (χ4n) is 7.82. The minimum Gasteiger partial charge on any atom is -0.307 e. The highest BCUT2D eigenvalue weighted by molar-refractivity contribution is 6.26. The first kappa shape index (κ1) is 29.2. The lowest BCUT2D eigenvalue weighted by atomic mass is 9.94. The van der Waals surface area contributed by atoms with Crippen molar-refractivity contribution >= 4 is 43.6 Å². The second kappa shape index (κ2) is 11.7. The molecule has 0 atom stereocenters. The molecule has 4 nitrogen and oxygen atoms in total. The molecule has 0 unspecified atom stereocenters. The van der Waals surface area contributed by atoms with Gasteiger partial charge in [0.1, 0.15) is 5.82 Å². The van der Waals surface area contributed by atoms with Gasteiger partial charge in [0, 0.05) is 33.8 Å². The van der Waals surface area contributed by atoms with Crippen molar-refractivity contribution in [1.29, 1.82) is 0 Å². The van der Waals surface area contributed by atoms with Crippen LogP contribution < -0.4 is 0 Å². The molecule has 0 amide bonds. The molecule has 0 fully saturated rings. The zero-order chi connectivity index (χ0) is 33.9. The highest BCUT2D eigenvalue weighted by Gasteiger charge is 2.24. The summed E-state index contributed by atoms with van der Waals surface area (Å²) < 4.78 is 4.77. The van der Waals surface area contributed by atoms with Crippen molar-refractivity contribution in [3.05, 3.63) is 182 Å². The Labute approximate surface area is 295 Å². The molecule has 0 saturated carbocycles. The Morgan fingerprint density at radius 3 is 1.94 bits per heavy atom. The minimum atomic E-state index is 0.905. The van der Waals surface area contributed by atoms with E-state index in [2.05, 4.69) is 174 Å². The maximum atomic E-state index is 5.20. The monoisotopic (exact) mass is 652 g/mol. The van der Waals surface area contributed by atoms with E-state index in [1.165, 1.54) is 38.1 Å². The van der Waals surface area contributed by atoms with E-state index in [9.17, 15) is 0 Å². The molecule has 0 N–H and O–H groups in total. The van der Waals surface area contributed by atoms with Crippen LogP contribution in [0.3, 0.4) is 0 Å². The van der Waals surface area contributed by atoms with Crippen LogP contribution in [0.1, 0.15) is 5.56 Å². The lowest BCUT2D eigenvalue weighted by Crippen LogP contribution is -1.97. The molecule has 0 aliphatic rings. The average molecular weight is 653 g/mol. The molecule has 4 aromatic heterocycles. The third-order valence-corrected chi connectivity index (χ3v) is 10.2. The number of hydrogen-bond acceptors (Lipinski definition) is 2. The molecule has 10 aromatic rings. The van der Waals surface area contributed by atoms with Crippen molar-refractivity contribution in [1.82, 2.24) is 19.1 Å². The van der Waals surface area contributed by atoms with E-state index >= 15 is 0 Å². The number of para-hydroxylation sites is 1. The summed E-state index contributed by atoms with van der Waals surface area (Å²) in [4.78, 5) is 10.0. The Balaban J connectivity index is 1.23. The number of nitrogens with zero attached hydrogens (tertiary/aromatic N) is 4. The van der Waals surface area contributed by atoms with Crippen molar-refractivity contribution in [2.45, 2.75) is 6.92 Å². The maximum absolute atomic E-state index is 5.20. The van der Waals surface area contributed by atoms with Crippen molar-refractivity contribution in [2.75, 3.05) is 0 Å². The Morgan fingerprint density at radius 2 is 1.18 bits per heavy atom. The summed E-state index contributed by atoms with van der Waals surface area (Å²) in [5, 5.41) is 4.85. The zero-order valence-corrected chi connectivity index (χ0v) is 28.0. The minimum absolute atomic E-state index is 0.905. The average Bonchev–Trinajstić information content (AvgIpc) is 3.72. The van der Waals surface area contributed by atoms with Crippen LogP contribution in [0, 0.1) is 6.92 Å². The van der Waals surface area contributed by atoms with Crippen LogP contribution >= 0.6 is 0 Å². The largest absolute Gasteiger partial charge is 0.307 e. The van der Waals surface area contributed by atoms with Gasteiger partial charge in [-0.05, 0) is 76.9 Å². The number of benzene rings is 6. The number of rotatable bonds is 5. The Hall–Kier alpha value is -6.78. The Morgan fingerprint density at radius 1 is 0.490 bits per heavy atom. The summed E-state index contributed by atoms with van der Waals surface area (Å²) in [7, 11) is 0. The number of pyridine rings is 2. The van der Waals surface area contributed by atoms with E-state index < -0.39 is 0 Å². The van der Waals surface area contributed by atoms with Gasteiger partial charge in [0.15, 0.2) is 0 Å². The lowest BCUT2D eigenvalue weighted by Gasteiger charge is -2.15. The van der Waals surface area contributed by atoms with Crippen LogP contribution in [0.25, 0.3) is 88.8 Å². The van der Waals surface area contributed by atoms with Gasteiger partial charge in [-0.15, -0.1) is 0 Å². The van der Waals surface area contributed by atoms with Gasteiger partial charge >= 0.3 is 0 Å². The summed E-state index contributed by atoms with van der Waals surface area (Å²) in [5.41, 5.74) is 13.4. The molecule has 0 saturated heterocycles. The molecule has 0 aliphatic heterocycles. The Bertz CT molecular complexity index is 2890. The van der Waals surface area contributed by atoms with Gasteiger partial charge in [0.25, 0.3) is 0 Å². The standard InChI is InChI=1S/C47H32N4/c1-31-39(30-40(34-15-4-2-5-16-34)49-45(31)35-17-6-3-7-18-35)33-23-26-36(27-24-33)50-42-28-25-32-14-8-9-19-37(32)44(42)47-46(50)38-20-10-11-21-41(38)51(47)43-22-12-13-29-48-43/h2-30H,1H3. The first-order valence-corrected chi connectivity index (χ1v) is 17.3. The van der Waals surface area contributed by atoms with Crippen LogP contribution in [-0.4, -0.2) is 19.1 Å². The predicted molar refractivity (Wildman–Crippen MR) is 212 cm³/mol. The highest BCUT2D eigenvalue weighted by Crippen LogP contribution is 2.43. The summed E-state index contributed by atoms with van der Waals surface area (Å²) in [6, 6.07) is 60.3. The summed E-state index contributed by atoms with van der Waals surface area (Å²) in [6.07, 6.45) is 1.87. The smallest absolute Gasteiger partial charge is 0.137 e. The first-order valence-electron chi connectivity index (χ1n) is 17.3. The topological polar surface area (TPSA) is 35.6 Å². The van der Waals surface area contributed by atoms with Gasteiger partial charge in [-0.2, -0.15) is 0 Å². The molecular weight excluding hydrogens is 621 g/mol. The molecule has 0 radical (unpaired) electrons. The van der Waals surface area contributed by atoms with Gasteiger partial charge < -0.3 is 4.57 Å². The van der Waals surface area contributed by atoms with E-state index in [1.54, 1.807) is 0 Å². The fourth-order valence-corrected chi connectivity index (χ4v) is 7.82. The van der Waals surface area contributed by atoms with E-state index in [4.69, 9.17) is 9.97 Å². The molecule has 4 heterocycles. The molecule has 0 spiro atoms. The van der Waals surface area contributed by atoms with Crippen molar-refractivity contribution < 1.29 is 0 Å². The zero-order valence-electron chi connectivity index (χ0n) is 28.0. The van der Waals surface area contributed by atoms with Crippen molar-refractivity contribution in [2.24, 2.45) is 0 Å². The molecule has 10 rings (SSSR count). The molecule has 0 bridgehead atoms. The van der Waals surface area contributed by atoms with Gasteiger partial charge in [-0.25, -0.2) is 9.97 Å². The second-order valence-electron chi connectivity index (χ2n) is 13.1. The summed E-state index contributed by atoms with van der Waals surface area (Å²) >= 11 is 0. The van der Waals surface area contributed by atoms with Crippen molar-refractivity contribution in [3.8, 4) is 45.1 Å². The predicted octanol–water partition coefficient (Wildman–Crippen LogP) is 12.0.